The van der Waals surface area contributed by atoms with E-state index in [0.717, 1.165) is 5.69 Å². The SMILES string of the molecule is CCOC(C)(C)C(N)c1c(OC)cnn1C. The lowest BCUT2D eigenvalue weighted by atomic mass is 9.96. The minimum Gasteiger partial charge on any atom is -0.493 e. The maximum Gasteiger partial charge on any atom is 0.161 e. The molecule has 0 bridgehead atoms. The highest BCUT2D eigenvalue weighted by Crippen LogP contribution is 2.31. The van der Waals surface area contributed by atoms with Gasteiger partial charge >= 0.3 is 0 Å². The van der Waals surface area contributed by atoms with E-state index in [4.69, 9.17) is 15.2 Å². The van der Waals surface area contributed by atoms with E-state index >= 15 is 0 Å². The van der Waals surface area contributed by atoms with Crippen LogP contribution in [0.3, 0.4) is 0 Å². The van der Waals surface area contributed by atoms with Crippen LogP contribution in [0.5, 0.6) is 5.75 Å². The topological polar surface area (TPSA) is 62.3 Å². The Morgan fingerprint density at radius 3 is 2.69 bits per heavy atom. The average Bonchev–Trinajstić information content (AvgIpc) is 2.58. The van der Waals surface area contributed by atoms with Crippen LogP contribution < -0.4 is 10.5 Å². The van der Waals surface area contributed by atoms with Crippen LogP contribution in [0.1, 0.15) is 32.5 Å². The van der Waals surface area contributed by atoms with Crippen LogP contribution in [-0.4, -0.2) is 29.1 Å². The van der Waals surface area contributed by atoms with E-state index in [9.17, 15) is 0 Å². The van der Waals surface area contributed by atoms with Crippen molar-refractivity contribution in [2.75, 3.05) is 13.7 Å². The molecule has 1 aromatic rings. The van der Waals surface area contributed by atoms with E-state index in [1.807, 2.05) is 27.8 Å². The lowest BCUT2D eigenvalue weighted by molar-refractivity contribution is -0.0319. The fourth-order valence-corrected chi connectivity index (χ4v) is 1.73. The summed E-state index contributed by atoms with van der Waals surface area (Å²) in [5.74, 6) is 0.697. The van der Waals surface area contributed by atoms with Gasteiger partial charge in [-0.1, -0.05) is 0 Å². The lowest BCUT2D eigenvalue weighted by Crippen LogP contribution is -2.39. The molecule has 1 unspecified atom stereocenters. The number of nitrogens with two attached hydrogens (primary N) is 1. The number of aryl methyl sites for hydroxylation is 1. The van der Waals surface area contributed by atoms with Crippen molar-refractivity contribution in [1.82, 2.24) is 9.78 Å². The molecule has 0 aliphatic rings. The molecule has 5 nitrogen and oxygen atoms in total. The van der Waals surface area contributed by atoms with Crippen LogP contribution in [-0.2, 0) is 11.8 Å². The van der Waals surface area contributed by atoms with Crippen LogP contribution in [0.15, 0.2) is 6.20 Å². The van der Waals surface area contributed by atoms with Gasteiger partial charge in [-0.2, -0.15) is 5.10 Å². The van der Waals surface area contributed by atoms with Crippen LogP contribution >= 0.6 is 0 Å². The predicted octanol–water partition coefficient (Wildman–Crippen LogP) is 1.24. The molecule has 0 aliphatic heterocycles. The zero-order chi connectivity index (χ0) is 12.3. The third kappa shape index (κ3) is 2.36. The van der Waals surface area contributed by atoms with Crippen LogP contribution in [0.2, 0.25) is 0 Å². The summed E-state index contributed by atoms with van der Waals surface area (Å²) in [5.41, 5.74) is 6.61. The van der Waals surface area contributed by atoms with Crippen molar-refractivity contribution >= 4 is 0 Å². The third-order valence-electron chi connectivity index (χ3n) is 2.73. The Labute approximate surface area is 96.5 Å². The maximum absolute atomic E-state index is 6.21. The summed E-state index contributed by atoms with van der Waals surface area (Å²) in [6, 6.07) is -0.283. The molecule has 0 saturated carbocycles. The monoisotopic (exact) mass is 227 g/mol. The number of hydrogen-bond donors (Lipinski definition) is 1. The molecule has 1 rings (SSSR count). The number of ether oxygens (including phenoxy) is 2. The molecule has 2 N–H and O–H groups in total. The quantitative estimate of drug-likeness (QED) is 0.822. The van der Waals surface area contributed by atoms with E-state index < -0.39 is 5.60 Å². The average molecular weight is 227 g/mol. The van der Waals surface area contributed by atoms with E-state index in [-0.39, 0.29) is 6.04 Å². The molecule has 16 heavy (non-hydrogen) atoms. The minimum atomic E-state index is -0.449. The molecule has 1 atom stereocenters. The van der Waals surface area contributed by atoms with Gasteiger partial charge in [0.1, 0.15) is 0 Å². The molecule has 0 fully saturated rings. The summed E-state index contributed by atoms with van der Waals surface area (Å²) < 4.78 is 12.6. The van der Waals surface area contributed by atoms with Crippen molar-refractivity contribution in [2.24, 2.45) is 12.8 Å². The van der Waals surface area contributed by atoms with E-state index in [1.54, 1.807) is 18.0 Å². The van der Waals surface area contributed by atoms with Crippen molar-refractivity contribution in [3.63, 3.8) is 0 Å². The summed E-state index contributed by atoms with van der Waals surface area (Å²) in [5, 5.41) is 4.14. The summed E-state index contributed by atoms with van der Waals surface area (Å²) in [6.45, 7) is 6.51. The molecule has 92 valence electrons. The zero-order valence-corrected chi connectivity index (χ0v) is 10.7. The van der Waals surface area contributed by atoms with Gasteiger partial charge in [0.25, 0.3) is 0 Å². The Hall–Kier alpha value is -1.07. The van der Waals surface area contributed by atoms with Gasteiger partial charge in [-0.25, -0.2) is 0 Å². The van der Waals surface area contributed by atoms with Crippen molar-refractivity contribution in [3.05, 3.63) is 11.9 Å². The molecule has 1 heterocycles. The lowest BCUT2D eigenvalue weighted by Gasteiger charge is -2.31. The minimum absolute atomic E-state index is 0.283. The standard InChI is InChI=1S/C11H21N3O2/c1-6-16-11(2,3)10(12)9-8(15-5)7-13-14(9)4/h7,10H,6,12H2,1-5H3. The molecule has 0 amide bonds. The molecular weight excluding hydrogens is 206 g/mol. The number of rotatable bonds is 5. The van der Waals surface area contributed by atoms with Gasteiger partial charge < -0.3 is 15.2 Å². The van der Waals surface area contributed by atoms with E-state index in [2.05, 4.69) is 5.10 Å². The highest BCUT2D eigenvalue weighted by atomic mass is 16.5. The molecule has 5 heteroatoms. The highest BCUT2D eigenvalue weighted by Gasteiger charge is 2.32. The summed E-state index contributed by atoms with van der Waals surface area (Å²) >= 11 is 0. The van der Waals surface area contributed by atoms with Gasteiger partial charge in [0.15, 0.2) is 5.75 Å². The molecule has 0 saturated heterocycles. The first kappa shape index (κ1) is 13.0. The Morgan fingerprint density at radius 1 is 1.56 bits per heavy atom. The Balaban J connectivity index is 3.03. The van der Waals surface area contributed by atoms with Gasteiger partial charge in [-0.3, -0.25) is 4.68 Å². The van der Waals surface area contributed by atoms with Crippen LogP contribution in [0.25, 0.3) is 0 Å². The van der Waals surface area contributed by atoms with Crippen molar-refractivity contribution in [2.45, 2.75) is 32.4 Å². The van der Waals surface area contributed by atoms with Gasteiger partial charge in [0.2, 0.25) is 0 Å². The number of nitrogens with zero attached hydrogens (tertiary/aromatic N) is 2. The smallest absolute Gasteiger partial charge is 0.161 e. The molecule has 0 aromatic carbocycles. The van der Waals surface area contributed by atoms with Gasteiger partial charge in [-0.15, -0.1) is 0 Å². The molecule has 0 spiro atoms. The van der Waals surface area contributed by atoms with Gasteiger partial charge in [0.05, 0.1) is 30.6 Å². The second-order valence-corrected chi connectivity index (χ2v) is 4.24. The second kappa shape index (κ2) is 4.84. The Bertz CT molecular complexity index is 347. The maximum atomic E-state index is 6.21. The fraction of sp³-hybridized carbons (Fsp3) is 0.727. The summed E-state index contributed by atoms with van der Waals surface area (Å²) in [4.78, 5) is 0. The fourth-order valence-electron chi connectivity index (χ4n) is 1.73. The first-order chi connectivity index (χ1) is 7.44. The molecule has 0 aliphatic carbocycles. The number of aromatic nitrogens is 2. The normalized spacial score (nSPS) is 13.9. The van der Waals surface area contributed by atoms with E-state index in [1.165, 1.54) is 0 Å². The third-order valence-corrected chi connectivity index (χ3v) is 2.73. The van der Waals surface area contributed by atoms with Gasteiger partial charge in [-0.05, 0) is 20.8 Å². The number of hydrogen-bond acceptors (Lipinski definition) is 4. The summed E-state index contributed by atoms with van der Waals surface area (Å²) in [7, 11) is 3.46. The predicted molar refractivity (Wildman–Crippen MR) is 62.4 cm³/mol. The van der Waals surface area contributed by atoms with Crippen molar-refractivity contribution in [3.8, 4) is 5.75 Å². The first-order valence-corrected chi connectivity index (χ1v) is 5.39. The van der Waals surface area contributed by atoms with Gasteiger partial charge in [0, 0.05) is 13.7 Å². The second-order valence-electron chi connectivity index (χ2n) is 4.24. The molecule has 1 aromatic heterocycles. The van der Waals surface area contributed by atoms with Crippen molar-refractivity contribution in [1.29, 1.82) is 0 Å². The zero-order valence-electron chi connectivity index (χ0n) is 10.7. The molecular formula is C11H21N3O2. The Morgan fingerprint density at radius 2 is 2.19 bits per heavy atom. The van der Waals surface area contributed by atoms with E-state index in [0.29, 0.717) is 12.4 Å². The first-order valence-electron chi connectivity index (χ1n) is 5.39. The number of methoxy groups -OCH3 is 1. The van der Waals surface area contributed by atoms with Crippen molar-refractivity contribution < 1.29 is 9.47 Å². The molecule has 0 radical (unpaired) electrons. The Kier molecular flexibility index (Phi) is 3.93. The summed E-state index contributed by atoms with van der Waals surface area (Å²) in [6.07, 6.45) is 1.66. The largest absolute Gasteiger partial charge is 0.493 e. The highest BCUT2D eigenvalue weighted by molar-refractivity contribution is 5.29. The van der Waals surface area contributed by atoms with Crippen LogP contribution in [0.4, 0.5) is 0 Å². The van der Waals surface area contributed by atoms with Crippen LogP contribution in [0, 0.1) is 0 Å².